The van der Waals surface area contributed by atoms with E-state index >= 15 is 0 Å². The van der Waals surface area contributed by atoms with E-state index in [4.69, 9.17) is 0 Å². The number of nitrogens with one attached hydrogen (secondary N) is 1. The minimum atomic E-state index is -1.10. The van der Waals surface area contributed by atoms with Gasteiger partial charge in [0.1, 0.15) is 17.0 Å². The fourth-order valence-electron chi connectivity index (χ4n) is 4.00. The molecule has 6 heteroatoms. The van der Waals surface area contributed by atoms with Crippen LogP contribution in [0.3, 0.4) is 0 Å². The molecule has 2 aliphatic heterocycles. The number of likely N-dealkylation sites (N-methyl/N-ethyl adjacent to an activating group) is 1. The van der Waals surface area contributed by atoms with E-state index in [2.05, 4.69) is 10.5 Å². The first-order chi connectivity index (χ1) is 12.1. The standard InChI is InChI=1S/C19H17N3O3/c1-22-11-19(13-9-5-6-10-14(13)20-18(19)24)15(17(22)23)16(21-25)12-7-3-2-4-8-12/h2-10,15,25H,11H2,1H3,(H,20,24)/b21-16+/t15-,19+/m1/s1. The van der Waals surface area contributed by atoms with E-state index < -0.39 is 11.3 Å². The Morgan fingerprint density at radius 2 is 1.84 bits per heavy atom. The molecular formula is C19H17N3O3. The predicted molar refractivity (Wildman–Crippen MR) is 92.6 cm³/mol. The summed E-state index contributed by atoms with van der Waals surface area (Å²) >= 11 is 0. The second kappa shape index (κ2) is 5.44. The lowest BCUT2D eigenvalue weighted by Crippen LogP contribution is -2.46. The second-order valence-electron chi connectivity index (χ2n) is 6.45. The van der Waals surface area contributed by atoms with Gasteiger partial charge in [0.15, 0.2) is 0 Å². The number of anilines is 1. The Balaban J connectivity index is 1.94. The summed E-state index contributed by atoms with van der Waals surface area (Å²) < 4.78 is 0. The quantitative estimate of drug-likeness (QED) is 0.499. The third kappa shape index (κ3) is 2.00. The van der Waals surface area contributed by atoms with Crippen LogP contribution >= 0.6 is 0 Å². The van der Waals surface area contributed by atoms with Gasteiger partial charge in [-0.05, 0) is 11.6 Å². The number of para-hydroxylation sites is 1. The Kier molecular flexibility index (Phi) is 3.35. The lowest BCUT2D eigenvalue weighted by atomic mass is 9.70. The number of carbonyl (C=O) groups excluding carboxylic acids is 2. The van der Waals surface area contributed by atoms with Gasteiger partial charge in [0.05, 0.1) is 0 Å². The normalized spacial score (nSPS) is 25.4. The van der Waals surface area contributed by atoms with Crippen molar-refractivity contribution in [2.45, 2.75) is 5.41 Å². The highest BCUT2D eigenvalue weighted by atomic mass is 16.4. The minimum absolute atomic E-state index is 0.210. The van der Waals surface area contributed by atoms with Gasteiger partial charge < -0.3 is 15.4 Å². The number of hydrogen-bond acceptors (Lipinski definition) is 4. The first-order valence-corrected chi connectivity index (χ1v) is 8.03. The number of hydrogen-bond donors (Lipinski definition) is 2. The summed E-state index contributed by atoms with van der Waals surface area (Å²) in [5.41, 5.74) is 1.20. The van der Waals surface area contributed by atoms with Gasteiger partial charge in [0.25, 0.3) is 0 Å². The third-order valence-electron chi connectivity index (χ3n) is 5.11. The van der Waals surface area contributed by atoms with E-state index in [1.165, 1.54) is 4.90 Å². The van der Waals surface area contributed by atoms with Crippen molar-refractivity contribution < 1.29 is 14.8 Å². The molecule has 0 bridgehead atoms. The van der Waals surface area contributed by atoms with Crippen LogP contribution in [0.4, 0.5) is 5.69 Å². The summed E-state index contributed by atoms with van der Waals surface area (Å²) in [6.07, 6.45) is 0. The van der Waals surface area contributed by atoms with E-state index in [1.54, 1.807) is 31.3 Å². The van der Waals surface area contributed by atoms with Crippen LogP contribution in [0.25, 0.3) is 0 Å². The van der Waals surface area contributed by atoms with Crippen LogP contribution in [0, 0.1) is 5.92 Å². The van der Waals surface area contributed by atoms with Crippen LogP contribution in [-0.2, 0) is 15.0 Å². The first kappa shape index (κ1) is 15.4. The lowest BCUT2D eigenvalue weighted by Gasteiger charge is -2.27. The van der Waals surface area contributed by atoms with Gasteiger partial charge in [-0.15, -0.1) is 0 Å². The highest BCUT2D eigenvalue weighted by Crippen LogP contribution is 2.48. The molecule has 0 aliphatic carbocycles. The molecule has 2 amide bonds. The lowest BCUT2D eigenvalue weighted by molar-refractivity contribution is -0.129. The summed E-state index contributed by atoms with van der Waals surface area (Å²) in [5, 5.41) is 16.0. The smallest absolute Gasteiger partial charge is 0.238 e. The molecule has 4 rings (SSSR count). The summed E-state index contributed by atoms with van der Waals surface area (Å²) in [5.74, 6) is -1.36. The summed E-state index contributed by atoms with van der Waals surface area (Å²) in [7, 11) is 1.66. The van der Waals surface area contributed by atoms with E-state index in [1.807, 2.05) is 30.3 Å². The van der Waals surface area contributed by atoms with Crippen LogP contribution in [0.5, 0.6) is 0 Å². The molecule has 2 aromatic carbocycles. The van der Waals surface area contributed by atoms with Gasteiger partial charge in [-0.1, -0.05) is 53.7 Å². The average molecular weight is 335 g/mol. The number of likely N-dealkylation sites (tertiary alicyclic amines) is 1. The molecule has 2 atom stereocenters. The van der Waals surface area contributed by atoms with E-state index in [0.29, 0.717) is 11.3 Å². The maximum Gasteiger partial charge on any atom is 0.238 e. The molecule has 2 N–H and O–H groups in total. The summed E-state index contributed by atoms with van der Waals surface area (Å²) in [6.45, 7) is 0.241. The molecule has 25 heavy (non-hydrogen) atoms. The molecular weight excluding hydrogens is 318 g/mol. The van der Waals surface area contributed by atoms with E-state index in [-0.39, 0.29) is 24.1 Å². The molecule has 0 aromatic heterocycles. The van der Waals surface area contributed by atoms with Crippen molar-refractivity contribution in [3.05, 3.63) is 65.7 Å². The van der Waals surface area contributed by atoms with Gasteiger partial charge in [0.2, 0.25) is 11.8 Å². The largest absolute Gasteiger partial charge is 0.411 e. The summed E-state index contributed by atoms with van der Waals surface area (Å²) in [6, 6.07) is 16.4. The zero-order valence-electron chi connectivity index (χ0n) is 13.6. The Morgan fingerprint density at radius 1 is 1.16 bits per heavy atom. The highest BCUT2D eigenvalue weighted by molar-refractivity contribution is 6.22. The number of nitrogens with zero attached hydrogens (tertiary/aromatic N) is 2. The Bertz CT molecular complexity index is 894. The zero-order chi connectivity index (χ0) is 17.6. The molecule has 0 radical (unpaired) electrons. The first-order valence-electron chi connectivity index (χ1n) is 8.03. The zero-order valence-corrected chi connectivity index (χ0v) is 13.6. The molecule has 126 valence electrons. The molecule has 2 aliphatic rings. The predicted octanol–water partition coefficient (Wildman–Crippen LogP) is 1.84. The Morgan fingerprint density at radius 3 is 2.56 bits per heavy atom. The SMILES string of the molecule is CN1C[C@@]2(C(=O)Nc3ccccc32)[C@H](/C(=N/O)c2ccccc2)C1=O. The van der Waals surface area contributed by atoms with E-state index in [9.17, 15) is 14.8 Å². The monoisotopic (exact) mass is 335 g/mol. The number of rotatable bonds is 2. The summed E-state index contributed by atoms with van der Waals surface area (Å²) in [4.78, 5) is 27.5. The van der Waals surface area contributed by atoms with Gasteiger partial charge in [0, 0.05) is 24.8 Å². The van der Waals surface area contributed by atoms with Gasteiger partial charge >= 0.3 is 0 Å². The van der Waals surface area contributed by atoms with Crippen molar-refractivity contribution in [1.29, 1.82) is 0 Å². The van der Waals surface area contributed by atoms with Crippen LogP contribution in [-0.4, -0.2) is 41.2 Å². The van der Waals surface area contributed by atoms with Crippen molar-refractivity contribution >= 4 is 23.2 Å². The third-order valence-corrected chi connectivity index (χ3v) is 5.11. The van der Waals surface area contributed by atoms with Crippen molar-refractivity contribution in [3.63, 3.8) is 0 Å². The van der Waals surface area contributed by atoms with Crippen LogP contribution < -0.4 is 5.32 Å². The molecule has 0 saturated carbocycles. The molecule has 1 fully saturated rings. The molecule has 0 unspecified atom stereocenters. The Hall–Kier alpha value is -3.15. The van der Waals surface area contributed by atoms with E-state index in [0.717, 1.165) is 5.56 Å². The molecule has 2 heterocycles. The minimum Gasteiger partial charge on any atom is -0.411 e. The Labute approximate surface area is 144 Å². The molecule has 6 nitrogen and oxygen atoms in total. The number of oxime groups is 1. The van der Waals surface area contributed by atoms with Gasteiger partial charge in [-0.25, -0.2) is 0 Å². The van der Waals surface area contributed by atoms with Crippen molar-refractivity contribution in [3.8, 4) is 0 Å². The average Bonchev–Trinajstić information content (AvgIpc) is 3.06. The number of fused-ring (bicyclic) bond motifs is 2. The van der Waals surface area contributed by atoms with Crippen molar-refractivity contribution in [2.75, 3.05) is 18.9 Å². The fourth-order valence-corrected chi connectivity index (χ4v) is 4.00. The topological polar surface area (TPSA) is 82.0 Å². The highest BCUT2D eigenvalue weighted by Gasteiger charge is 2.62. The van der Waals surface area contributed by atoms with Crippen molar-refractivity contribution in [2.24, 2.45) is 11.1 Å². The van der Waals surface area contributed by atoms with Gasteiger partial charge in [-0.2, -0.15) is 0 Å². The molecule has 2 aromatic rings. The maximum absolute atomic E-state index is 13.0. The number of carbonyl (C=O) groups is 2. The van der Waals surface area contributed by atoms with Gasteiger partial charge in [-0.3, -0.25) is 9.59 Å². The maximum atomic E-state index is 13.0. The van der Waals surface area contributed by atoms with Crippen LogP contribution in [0.2, 0.25) is 0 Å². The molecule has 1 saturated heterocycles. The molecule has 1 spiro atoms. The van der Waals surface area contributed by atoms with Crippen molar-refractivity contribution in [1.82, 2.24) is 4.90 Å². The van der Waals surface area contributed by atoms with Crippen LogP contribution in [0.15, 0.2) is 59.8 Å². The van der Waals surface area contributed by atoms with Crippen LogP contribution in [0.1, 0.15) is 11.1 Å². The number of benzene rings is 2. The second-order valence-corrected chi connectivity index (χ2v) is 6.45. The fraction of sp³-hybridized carbons (Fsp3) is 0.211. The number of amides is 2.